The molecule has 0 N–H and O–H groups in total. The second kappa shape index (κ2) is 12.5. The van der Waals surface area contributed by atoms with E-state index < -0.39 is 0 Å². The van der Waals surface area contributed by atoms with Gasteiger partial charge >= 0.3 is 0 Å². The Kier molecular flexibility index (Phi) is 10.6. The molecule has 0 fully saturated rings. The van der Waals surface area contributed by atoms with E-state index in [0.717, 1.165) is 39.0 Å². The highest BCUT2D eigenvalue weighted by molar-refractivity contribution is 5.60. The summed E-state index contributed by atoms with van der Waals surface area (Å²) in [7, 11) is 4.13. The van der Waals surface area contributed by atoms with Crippen LogP contribution in [0.25, 0.3) is 0 Å². The number of hydrogen-bond acceptors (Lipinski definition) is 6. The van der Waals surface area contributed by atoms with Gasteiger partial charge in [0.15, 0.2) is 0 Å². The molecular weight excluding hydrogens is 318 g/mol. The van der Waals surface area contributed by atoms with Crippen LogP contribution in [0.4, 0.5) is 5.69 Å². The van der Waals surface area contributed by atoms with Crippen molar-refractivity contribution in [3.63, 3.8) is 0 Å². The second-order valence-electron chi connectivity index (χ2n) is 6.14. The van der Waals surface area contributed by atoms with Gasteiger partial charge in [-0.05, 0) is 52.2 Å². The molecule has 25 heavy (non-hydrogen) atoms. The quantitative estimate of drug-likeness (QED) is 0.405. The number of benzene rings is 1. The van der Waals surface area contributed by atoms with Crippen LogP contribution in [0.15, 0.2) is 23.2 Å². The highest BCUT2D eigenvalue weighted by atomic mass is 16.5. The van der Waals surface area contributed by atoms with Crippen LogP contribution >= 0.6 is 0 Å². The molecule has 1 aromatic carbocycles. The Morgan fingerprint density at radius 1 is 0.960 bits per heavy atom. The van der Waals surface area contributed by atoms with Gasteiger partial charge < -0.3 is 19.3 Å². The summed E-state index contributed by atoms with van der Waals surface area (Å²) in [6, 6.07) is 5.35. The van der Waals surface area contributed by atoms with Crippen LogP contribution in [0.1, 0.15) is 26.7 Å². The summed E-state index contributed by atoms with van der Waals surface area (Å²) in [5.74, 6) is 1.25. The van der Waals surface area contributed by atoms with Gasteiger partial charge in [0.2, 0.25) is 6.08 Å². The average Bonchev–Trinajstić information content (AvgIpc) is 2.57. The van der Waals surface area contributed by atoms with Crippen molar-refractivity contribution in [1.82, 2.24) is 9.80 Å². The molecule has 0 radical (unpaired) electrons. The van der Waals surface area contributed by atoms with E-state index in [-0.39, 0.29) is 0 Å². The molecule has 0 aliphatic rings. The second-order valence-corrected chi connectivity index (χ2v) is 6.14. The van der Waals surface area contributed by atoms with Crippen molar-refractivity contribution in [2.24, 2.45) is 4.99 Å². The molecule has 140 valence electrons. The summed E-state index contributed by atoms with van der Waals surface area (Å²) in [6.07, 6.45) is 3.81. The molecule has 0 bridgehead atoms. The van der Waals surface area contributed by atoms with Crippen LogP contribution in [0.2, 0.25) is 0 Å². The molecule has 0 spiro atoms. The third kappa shape index (κ3) is 8.68. The molecule has 1 aromatic rings. The highest BCUT2D eigenvalue weighted by Gasteiger charge is 2.07. The number of hydrogen-bond donors (Lipinski definition) is 0. The first-order chi connectivity index (χ1) is 12.1. The van der Waals surface area contributed by atoms with Crippen LogP contribution in [0, 0.1) is 0 Å². The van der Waals surface area contributed by atoms with Crippen LogP contribution < -0.4 is 9.47 Å². The molecule has 1 rings (SSSR count). The Balaban J connectivity index is 2.58. The lowest BCUT2D eigenvalue weighted by molar-refractivity contribution is 0.234. The van der Waals surface area contributed by atoms with Crippen LogP contribution in [-0.2, 0) is 4.79 Å². The Morgan fingerprint density at radius 3 is 2.12 bits per heavy atom. The monoisotopic (exact) mass is 349 g/mol. The molecule has 6 heteroatoms. The molecule has 0 aliphatic heterocycles. The molecule has 0 aliphatic carbocycles. The molecule has 0 unspecified atom stereocenters. The lowest BCUT2D eigenvalue weighted by atomic mass is 10.3. The molecule has 0 amide bonds. The first-order valence-electron chi connectivity index (χ1n) is 8.95. The van der Waals surface area contributed by atoms with E-state index in [1.165, 1.54) is 0 Å². The lowest BCUT2D eigenvalue weighted by Gasteiger charge is -2.17. The summed E-state index contributed by atoms with van der Waals surface area (Å²) in [6.45, 7) is 9.17. The maximum absolute atomic E-state index is 10.7. The van der Waals surface area contributed by atoms with E-state index in [4.69, 9.17) is 9.47 Å². The summed E-state index contributed by atoms with van der Waals surface area (Å²) in [4.78, 5) is 18.8. The van der Waals surface area contributed by atoms with Crippen molar-refractivity contribution in [2.45, 2.75) is 26.7 Å². The molecule has 0 saturated carbocycles. The number of likely N-dealkylation sites (N-methyl/N-ethyl adjacent to an activating group) is 2. The fraction of sp³-hybridized carbons (Fsp3) is 0.632. The van der Waals surface area contributed by atoms with E-state index >= 15 is 0 Å². The highest BCUT2D eigenvalue weighted by Crippen LogP contribution is 2.31. The Labute approximate surface area is 151 Å². The van der Waals surface area contributed by atoms with Gasteiger partial charge in [-0.1, -0.05) is 13.8 Å². The number of isocyanates is 1. The van der Waals surface area contributed by atoms with Crippen molar-refractivity contribution in [3.05, 3.63) is 18.2 Å². The van der Waals surface area contributed by atoms with E-state index in [1.54, 1.807) is 18.2 Å². The largest absolute Gasteiger partial charge is 0.492 e. The van der Waals surface area contributed by atoms with Gasteiger partial charge in [0, 0.05) is 19.2 Å². The van der Waals surface area contributed by atoms with Gasteiger partial charge in [0.25, 0.3) is 0 Å². The topological polar surface area (TPSA) is 54.4 Å². The number of rotatable bonds is 13. The SMILES string of the molecule is CCCN(C)CCOc1ccc(OCCN(C)CCC)c(N=C=O)c1. The molecule has 0 saturated heterocycles. The van der Waals surface area contributed by atoms with E-state index in [2.05, 4.69) is 42.7 Å². The smallest absolute Gasteiger partial charge is 0.240 e. The summed E-state index contributed by atoms with van der Waals surface area (Å²) in [5.41, 5.74) is 0.451. The predicted molar refractivity (Wildman–Crippen MR) is 101 cm³/mol. The fourth-order valence-electron chi connectivity index (χ4n) is 2.46. The van der Waals surface area contributed by atoms with Crippen molar-refractivity contribution in [3.8, 4) is 11.5 Å². The minimum atomic E-state index is 0.451. The molecule has 0 aromatic heterocycles. The normalized spacial score (nSPS) is 10.8. The summed E-state index contributed by atoms with van der Waals surface area (Å²) >= 11 is 0. The first-order valence-corrected chi connectivity index (χ1v) is 8.95. The molecule has 0 atom stereocenters. The van der Waals surface area contributed by atoms with Crippen molar-refractivity contribution >= 4 is 11.8 Å². The number of carbonyl (C=O) groups excluding carboxylic acids is 1. The first kappa shape index (κ1) is 21.2. The minimum absolute atomic E-state index is 0.451. The van der Waals surface area contributed by atoms with E-state index in [9.17, 15) is 4.79 Å². The zero-order valence-electron chi connectivity index (χ0n) is 16.0. The molecule has 0 heterocycles. The standard InChI is InChI=1S/C19H31N3O3/c1-5-9-21(3)11-13-24-17-7-8-19(18(15-17)20-16-23)25-14-12-22(4)10-6-2/h7-8,15H,5-6,9-14H2,1-4H3. The van der Waals surface area contributed by atoms with Crippen LogP contribution in [-0.4, -0.2) is 69.4 Å². The number of nitrogens with zero attached hydrogens (tertiary/aromatic N) is 3. The maximum Gasteiger partial charge on any atom is 0.240 e. The van der Waals surface area contributed by atoms with Crippen molar-refractivity contribution in [1.29, 1.82) is 0 Å². The van der Waals surface area contributed by atoms with Crippen LogP contribution in [0.3, 0.4) is 0 Å². The third-order valence-electron chi connectivity index (χ3n) is 3.78. The molecule has 6 nitrogen and oxygen atoms in total. The van der Waals surface area contributed by atoms with Crippen LogP contribution in [0.5, 0.6) is 11.5 Å². The number of aliphatic imine (C=N–C) groups is 1. The zero-order valence-corrected chi connectivity index (χ0v) is 16.0. The zero-order chi connectivity index (χ0) is 18.5. The Hall–Kier alpha value is -1.88. The molecular formula is C19H31N3O3. The summed E-state index contributed by atoms with van der Waals surface area (Å²) < 4.78 is 11.5. The lowest BCUT2D eigenvalue weighted by Crippen LogP contribution is -2.25. The van der Waals surface area contributed by atoms with Gasteiger partial charge in [-0.2, -0.15) is 4.99 Å². The van der Waals surface area contributed by atoms with Gasteiger partial charge in [-0.15, -0.1) is 0 Å². The predicted octanol–water partition coefficient (Wildman–Crippen LogP) is 3.10. The van der Waals surface area contributed by atoms with Gasteiger partial charge in [0.1, 0.15) is 30.4 Å². The van der Waals surface area contributed by atoms with E-state index in [0.29, 0.717) is 30.4 Å². The van der Waals surface area contributed by atoms with Gasteiger partial charge in [-0.3, -0.25) is 0 Å². The van der Waals surface area contributed by atoms with Gasteiger partial charge in [-0.25, -0.2) is 4.79 Å². The van der Waals surface area contributed by atoms with Gasteiger partial charge in [0.05, 0.1) is 0 Å². The third-order valence-corrected chi connectivity index (χ3v) is 3.78. The summed E-state index contributed by atoms with van der Waals surface area (Å²) in [5, 5.41) is 0. The maximum atomic E-state index is 10.7. The Bertz CT molecular complexity index is 545. The number of ether oxygens (including phenoxy) is 2. The Morgan fingerprint density at radius 2 is 1.56 bits per heavy atom. The van der Waals surface area contributed by atoms with E-state index in [1.807, 2.05) is 6.07 Å². The van der Waals surface area contributed by atoms with Crippen molar-refractivity contribution < 1.29 is 14.3 Å². The average molecular weight is 349 g/mol. The fourth-order valence-corrected chi connectivity index (χ4v) is 2.46. The minimum Gasteiger partial charge on any atom is -0.492 e. The van der Waals surface area contributed by atoms with Crippen molar-refractivity contribution in [2.75, 3.05) is 53.5 Å².